The molecule has 0 aliphatic rings. The van der Waals surface area contributed by atoms with E-state index < -0.39 is 17.5 Å². The molecule has 3 N–H and O–H groups in total. The van der Waals surface area contributed by atoms with E-state index >= 15 is 0 Å². The second-order valence-electron chi connectivity index (χ2n) is 6.09. The van der Waals surface area contributed by atoms with Gasteiger partial charge in [0.1, 0.15) is 11.6 Å². The number of hydrogen-bond donors (Lipinski definition) is 2. The highest BCUT2D eigenvalue weighted by Crippen LogP contribution is 2.40. The maximum absolute atomic E-state index is 14.9. The lowest BCUT2D eigenvalue weighted by Crippen LogP contribution is -2.12. The molecular formula is C21H14F2N4O. The third-order valence-electron chi connectivity index (χ3n) is 4.29. The van der Waals surface area contributed by atoms with Crippen molar-refractivity contribution in [3.63, 3.8) is 0 Å². The number of benzene rings is 3. The van der Waals surface area contributed by atoms with Gasteiger partial charge in [-0.15, -0.1) is 0 Å². The molecule has 0 spiro atoms. The van der Waals surface area contributed by atoms with Gasteiger partial charge in [0.05, 0.1) is 0 Å². The monoisotopic (exact) mass is 376 g/mol. The zero-order valence-corrected chi connectivity index (χ0v) is 14.5. The number of nitrogens with zero attached hydrogens (tertiary/aromatic N) is 2. The van der Waals surface area contributed by atoms with Crippen molar-refractivity contribution in [3.05, 3.63) is 84.2 Å². The molecule has 28 heavy (non-hydrogen) atoms. The van der Waals surface area contributed by atoms with E-state index in [9.17, 15) is 13.6 Å². The van der Waals surface area contributed by atoms with Gasteiger partial charge in [-0.05, 0) is 35.4 Å². The largest absolute Gasteiger partial charge is 0.363 e. The number of nitrogens with two attached hydrogens (primary N) is 1. The summed E-state index contributed by atoms with van der Waals surface area (Å²) in [4.78, 5) is 15.5. The first-order valence-electron chi connectivity index (χ1n) is 8.41. The van der Waals surface area contributed by atoms with E-state index in [4.69, 9.17) is 5.73 Å². The lowest BCUT2D eigenvalue weighted by atomic mass is 9.89. The highest BCUT2D eigenvalue weighted by molar-refractivity contribution is 5.94. The molecule has 0 aliphatic heterocycles. The normalized spacial score (nSPS) is 10.8. The van der Waals surface area contributed by atoms with Gasteiger partial charge in [-0.1, -0.05) is 42.5 Å². The number of amides is 1. The Morgan fingerprint density at radius 1 is 0.893 bits per heavy atom. The molecule has 4 aromatic rings. The fourth-order valence-electron chi connectivity index (χ4n) is 3.09. The highest BCUT2D eigenvalue weighted by atomic mass is 19.1. The van der Waals surface area contributed by atoms with Crippen LogP contribution in [0, 0.1) is 11.6 Å². The van der Waals surface area contributed by atoms with Crippen molar-refractivity contribution in [3.8, 4) is 33.6 Å². The SMILES string of the molecule is NC(=O)c1nc(-c2ccc(F)c(-c3ccccc3)c2-c2cccc(F)c2)n[nH]1. The summed E-state index contributed by atoms with van der Waals surface area (Å²) in [5.41, 5.74) is 7.45. The Balaban J connectivity index is 2.05. The maximum Gasteiger partial charge on any atom is 0.286 e. The van der Waals surface area contributed by atoms with E-state index in [0.29, 0.717) is 22.3 Å². The number of aromatic nitrogens is 3. The first-order valence-corrected chi connectivity index (χ1v) is 8.41. The molecule has 0 saturated heterocycles. The second-order valence-corrected chi connectivity index (χ2v) is 6.09. The van der Waals surface area contributed by atoms with Gasteiger partial charge >= 0.3 is 0 Å². The molecule has 1 aromatic heterocycles. The summed E-state index contributed by atoms with van der Waals surface area (Å²) in [7, 11) is 0. The number of H-pyrrole nitrogens is 1. The zero-order chi connectivity index (χ0) is 19.7. The average molecular weight is 376 g/mol. The van der Waals surface area contributed by atoms with E-state index in [2.05, 4.69) is 15.2 Å². The van der Waals surface area contributed by atoms with Gasteiger partial charge in [-0.25, -0.2) is 13.8 Å². The van der Waals surface area contributed by atoms with Crippen LogP contribution in [0.5, 0.6) is 0 Å². The molecule has 7 heteroatoms. The van der Waals surface area contributed by atoms with Crippen LogP contribution in [0.4, 0.5) is 8.78 Å². The predicted octanol–water partition coefficient (Wildman–Crippen LogP) is 4.18. The summed E-state index contributed by atoms with van der Waals surface area (Å²) in [6.45, 7) is 0. The third-order valence-corrected chi connectivity index (χ3v) is 4.29. The minimum Gasteiger partial charge on any atom is -0.363 e. The Kier molecular flexibility index (Phi) is 4.41. The van der Waals surface area contributed by atoms with Gasteiger partial charge in [0.15, 0.2) is 5.82 Å². The van der Waals surface area contributed by atoms with Crippen molar-refractivity contribution in [2.75, 3.05) is 0 Å². The van der Waals surface area contributed by atoms with Crippen LogP contribution < -0.4 is 5.73 Å². The summed E-state index contributed by atoms with van der Waals surface area (Å²) in [6.07, 6.45) is 0. The minimum absolute atomic E-state index is 0.120. The Labute approximate surface area is 158 Å². The smallest absolute Gasteiger partial charge is 0.286 e. The van der Waals surface area contributed by atoms with Gasteiger partial charge in [0.25, 0.3) is 5.91 Å². The van der Waals surface area contributed by atoms with Gasteiger partial charge in [0.2, 0.25) is 5.82 Å². The summed E-state index contributed by atoms with van der Waals surface area (Å²) < 4.78 is 28.9. The fourth-order valence-corrected chi connectivity index (χ4v) is 3.09. The van der Waals surface area contributed by atoms with Crippen LogP contribution in [0.1, 0.15) is 10.6 Å². The van der Waals surface area contributed by atoms with Gasteiger partial charge < -0.3 is 5.73 Å². The van der Waals surface area contributed by atoms with Crippen LogP contribution in [0.25, 0.3) is 33.6 Å². The zero-order valence-electron chi connectivity index (χ0n) is 14.5. The van der Waals surface area contributed by atoms with Crippen molar-refractivity contribution in [1.82, 2.24) is 15.2 Å². The van der Waals surface area contributed by atoms with Gasteiger partial charge in [-0.2, -0.15) is 5.10 Å². The summed E-state index contributed by atoms with van der Waals surface area (Å²) in [5.74, 6) is -1.66. The number of primary amides is 1. The van der Waals surface area contributed by atoms with Crippen molar-refractivity contribution in [2.24, 2.45) is 5.73 Å². The Hall–Kier alpha value is -3.87. The molecule has 0 saturated carbocycles. The van der Waals surface area contributed by atoms with E-state index in [1.165, 1.54) is 24.3 Å². The first-order chi connectivity index (χ1) is 13.5. The minimum atomic E-state index is -0.767. The molecule has 5 nitrogen and oxygen atoms in total. The van der Waals surface area contributed by atoms with Crippen LogP contribution in [-0.2, 0) is 0 Å². The molecule has 1 amide bonds. The van der Waals surface area contributed by atoms with Gasteiger partial charge in [0, 0.05) is 16.7 Å². The number of halogens is 2. The van der Waals surface area contributed by atoms with Crippen LogP contribution in [-0.4, -0.2) is 21.1 Å². The molecule has 0 unspecified atom stereocenters. The Bertz CT molecular complexity index is 1170. The molecule has 0 radical (unpaired) electrons. The third kappa shape index (κ3) is 3.14. The summed E-state index contributed by atoms with van der Waals surface area (Å²) >= 11 is 0. The highest BCUT2D eigenvalue weighted by Gasteiger charge is 2.21. The molecule has 0 bridgehead atoms. The summed E-state index contributed by atoms with van der Waals surface area (Å²) in [6, 6.07) is 17.5. The van der Waals surface area contributed by atoms with Crippen molar-refractivity contribution < 1.29 is 13.6 Å². The molecule has 0 atom stereocenters. The number of nitrogens with one attached hydrogen (secondary N) is 1. The molecular weight excluding hydrogens is 362 g/mol. The van der Waals surface area contributed by atoms with Crippen molar-refractivity contribution >= 4 is 5.91 Å². The lowest BCUT2D eigenvalue weighted by molar-refractivity contribution is 0.0991. The molecule has 0 aliphatic carbocycles. The van der Waals surface area contributed by atoms with E-state index in [1.54, 1.807) is 36.4 Å². The maximum atomic E-state index is 14.9. The molecule has 3 aromatic carbocycles. The fraction of sp³-hybridized carbons (Fsp3) is 0. The summed E-state index contributed by atoms with van der Waals surface area (Å²) in [5, 5.41) is 6.49. The number of carbonyl (C=O) groups is 1. The van der Waals surface area contributed by atoms with E-state index in [-0.39, 0.29) is 17.2 Å². The topological polar surface area (TPSA) is 84.7 Å². The predicted molar refractivity (Wildman–Crippen MR) is 101 cm³/mol. The second kappa shape index (κ2) is 7.03. The van der Waals surface area contributed by atoms with Gasteiger partial charge in [-0.3, -0.25) is 9.89 Å². The standard InChI is InChI=1S/C21H14F2N4O/c22-14-8-4-7-13(11-14)17-15(20-25-21(19(24)28)27-26-20)9-10-16(23)18(17)12-5-2-1-3-6-12/h1-11H,(H2,24,28)(H,25,26,27). The average Bonchev–Trinajstić information content (AvgIpc) is 3.19. The van der Waals surface area contributed by atoms with Crippen molar-refractivity contribution in [1.29, 1.82) is 0 Å². The van der Waals surface area contributed by atoms with Crippen LogP contribution in [0.3, 0.4) is 0 Å². The Morgan fingerprint density at radius 3 is 2.32 bits per heavy atom. The van der Waals surface area contributed by atoms with Crippen molar-refractivity contribution in [2.45, 2.75) is 0 Å². The van der Waals surface area contributed by atoms with E-state index in [1.807, 2.05) is 6.07 Å². The lowest BCUT2D eigenvalue weighted by Gasteiger charge is -2.15. The number of carbonyl (C=O) groups excluding carboxylic acids is 1. The number of aromatic amines is 1. The molecule has 0 fully saturated rings. The van der Waals surface area contributed by atoms with Crippen LogP contribution >= 0.6 is 0 Å². The van der Waals surface area contributed by atoms with E-state index in [0.717, 1.165) is 0 Å². The first kappa shape index (κ1) is 17.5. The Morgan fingerprint density at radius 2 is 1.64 bits per heavy atom. The quantitative estimate of drug-likeness (QED) is 0.560. The molecule has 138 valence electrons. The molecule has 1 heterocycles. The van der Waals surface area contributed by atoms with Crippen LogP contribution in [0.15, 0.2) is 66.7 Å². The molecule has 4 rings (SSSR count). The van der Waals surface area contributed by atoms with Crippen LogP contribution in [0.2, 0.25) is 0 Å². The number of hydrogen-bond acceptors (Lipinski definition) is 3. The number of rotatable bonds is 4.